The second-order valence-corrected chi connectivity index (χ2v) is 3.85. The third-order valence-electron chi connectivity index (χ3n) is 1.70. The number of ether oxygens (including phenoxy) is 1. The minimum atomic E-state index is -1.06. The Kier molecular flexibility index (Phi) is 2.82. The Bertz CT molecular complexity index is 526. The van der Waals surface area contributed by atoms with Crippen molar-refractivity contribution >= 4 is 17.3 Å². The Morgan fingerprint density at radius 1 is 1.50 bits per heavy atom. The molecule has 1 aromatic heterocycles. The Morgan fingerprint density at radius 3 is 2.94 bits per heavy atom. The topological polar surface area (TPSA) is 59.4 Å². The molecule has 16 heavy (non-hydrogen) atoms. The van der Waals surface area contributed by atoms with Gasteiger partial charge in [0.25, 0.3) is 5.19 Å². The van der Waals surface area contributed by atoms with E-state index < -0.39 is 11.8 Å². The van der Waals surface area contributed by atoms with E-state index in [-0.39, 0.29) is 15.8 Å². The molecule has 0 atom stereocenters. The zero-order valence-electron chi connectivity index (χ0n) is 7.88. The predicted molar refractivity (Wildman–Crippen MR) is 55.5 cm³/mol. The molecule has 0 aliphatic heterocycles. The number of rotatable bonds is 3. The van der Waals surface area contributed by atoms with Crippen LogP contribution in [0.25, 0.3) is 0 Å². The SMILES string of the molecule is O=C(O)c1cnc(Oc2cccc(F)c2)s1. The highest BCUT2D eigenvalue weighted by Gasteiger charge is 2.10. The molecule has 0 spiro atoms. The lowest BCUT2D eigenvalue weighted by atomic mass is 10.3. The van der Waals surface area contributed by atoms with Gasteiger partial charge in [-0.3, -0.25) is 0 Å². The molecule has 2 rings (SSSR count). The molecule has 6 heteroatoms. The summed E-state index contributed by atoms with van der Waals surface area (Å²) in [4.78, 5) is 14.4. The highest BCUT2D eigenvalue weighted by Crippen LogP contribution is 2.26. The molecule has 1 aromatic carbocycles. The largest absolute Gasteiger partial charge is 0.477 e. The maximum absolute atomic E-state index is 12.8. The van der Waals surface area contributed by atoms with Crippen molar-refractivity contribution in [2.75, 3.05) is 0 Å². The van der Waals surface area contributed by atoms with Crippen LogP contribution in [0.15, 0.2) is 30.5 Å². The van der Waals surface area contributed by atoms with Crippen molar-refractivity contribution in [2.24, 2.45) is 0 Å². The van der Waals surface area contributed by atoms with Crippen LogP contribution in [-0.4, -0.2) is 16.1 Å². The number of carboxylic acid groups (broad SMARTS) is 1. The van der Waals surface area contributed by atoms with Crippen LogP contribution in [0.3, 0.4) is 0 Å². The van der Waals surface area contributed by atoms with Gasteiger partial charge in [0.05, 0.1) is 6.20 Å². The van der Waals surface area contributed by atoms with Crippen molar-refractivity contribution in [3.05, 3.63) is 41.2 Å². The van der Waals surface area contributed by atoms with E-state index in [0.29, 0.717) is 0 Å². The average molecular weight is 239 g/mol. The fourth-order valence-corrected chi connectivity index (χ4v) is 1.66. The molecule has 0 fully saturated rings. The molecular formula is C10H6FNO3S. The van der Waals surface area contributed by atoms with Gasteiger partial charge in [0, 0.05) is 6.07 Å². The molecule has 0 aliphatic carbocycles. The summed E-state index contributed by atoms with van der Waals surface area (Å²) >= 11 is 0.886. The minimum Gasteiger partial charge on any atom is -0.477 e. The Hall–Kier alpha value is -1.95. The van der Waals surface area contributed by atoms with Crippen LogP contribution in [0, 0.1) is 5.82 Å². The smallest absolute Gasteiger partial charge is 0.347 e. The lowest BCUT2D eigenvalue weighted by Gasteiger charge is -2.00. The van der Waals surface area contributed by atoms with E-state index in [2.05, 4.69) is 4.98 Å². The fraction of sp³-hybridized carbons (Fsp3) is 0. The van der Waals surface area contributed by atoms with Crippen LogP contribution < -0.4 is 4.74 Å². The van der Waals surface area contributed by atoms with Crippen molar-refractivity contribution in [1.29, 1.82) is 0 Å². The number of hydrogen-bond acceptors (Lipinski definition) is 4. The molecule has 0 amide bonds. The molecular weight excluding hydrogens is 233 g/mol. The third kappa shape index (κ3) is 2.34. The van der Waals surface area contributed by atoms with E-state index in [1.165, 1.54) is 24.4 Å². The number of hydrogen-bond donors (Lipinski definition) is 1. The highest BCUT2D eigenvalue weighted by molar-refractivity contribution is 7.15. The monoisotopic (exact) mass is 239 g/mol. The number of thiazole rings is 1. The summed E-state index contributed by atoms with van der Waals surface area (Å²) in [6.45, 7) is 0. The van der Waals surface area contributed by atoms with Crippen molar-refractivity contribution in [3.63, 3.8) is 0 Å². The van der Waals surface area contributed by atoms with Crippen LogP contribution in [0.1, 0.15) is 9.67 Å². The zero-order chi connectivity index (χ0) is 11.5. The lowest BCUT2D eigenvalue weighted by molar-refractivity contribution is 0.0702. The summed E-state index contributed by atoms with van der Waals surface area (Å²) in [6, 6.07) is 5.54. The number of halogens is 1. The molecule has 0 radical (unpaired) electrons. The highest BCUT2D eigenvalue weighted by atomic mass is 32.1. The second-order valence-electron chi connectivity index (χ2n) is 2.86. The zero-order valence-corrected chi connectivity index (χ0v) is 8.70. The molecule has 2 aromatic rings. The summed E-state index contributed by atoms with van der Waals surface area (Å²) in [6.07, 6.45) is 1.20. The van der Waals surface area contributed by atoms with Crippen LogP contribution in [-0.2, 0) is 0 Å². The third-order valence-corrected chi connectivity index (χ3v) is 2.56. The molecule has 0 saturated heterocycles. The van der Waals surface area contributed by atoms with Crippen molar-refractivity contribution in [3.8, 4) is 10.9 Å². The summed E-state index contributed by atoms with van der Waals surface area (Å²) in [7, 11) is 0. The van der Waals surface area contributed by atoms with E-state index in [0.717, 1.165) is 11.3 Å². The first-order valence-corrected chi connectivity index (χ1v) is 5.09. The van der Waals surface area contributed by atoms with Crippen LogP contribution in [0.4, 0.5) is 4.39 Å². The van der Waals surface area contributed by atoms with E-state index in [1.807, 2.05) is 0 Å². The van der Waals surface area contributed by atoms with Gasteiger partial charge in [-0.05, 0) is 12.1 Å². The van der Waals surface area contributed by atoms with E-state index in [4.69, 9.17) is 9.84 Å². The normalized spacial score (nSPS) is 10.1. The van der Waals surface area contributed by atoms with Gasteiger partial charge in [0.2, 0.25) is 0 Å². The maximum atomic E-state index is 12.8. The quantitative estimate of drug-likeness (QED) is 0.894. The molecule has 1 heterocycles. The van der Waals surface area contributed by atoms with Gasteiger partial charge in [0.15, 0.2) is 0 Å². The van der Waals surface area contributed by atoms with Crippen LogP contribution in [0.5, 0.6) is 10.9 Å². The van der Waals surface area contributed by atoms with Gasteiger partial charge < -0.3 is 9.84 Å². The molecule has 4 nitrogen and oxygen atoms in total. The number of nitrogens with zero attached hydrogens (tertiary/aromatic N) is 1. The van der Waals surface area contributed by atoms with Gasteiger partial charge in [-0.1, -0.05) is 17.4 Å². The molecule has 0 bridgehead atoms. The summed E-state index contributed by atoms with van der Waals surface area (Å²) in [5, 5.41) is 8.83. The lowest BCUT2D eigenvalue weighted by Crippen LogP contribution is -1.89. The number of carbonyl (C=O) groups is 1. The number of aromatic carboxylic acids is 1. The molecule has 0 aliphatic rings. The average Bonchev–Trinajstić information content (AvgIpc) is 2.66. The van der Waals surface area contributed by atoms with Gasteiger partial charge in [-0.15, -0.1) is 0 Å². The van der Waals surface area contributed by atoms with Gasteiger partial charge >= 0.3 is 5.97 Å². The fourth-order valence-electron chi connectivity index (χ4n) is 1.04. The van der Waals surface area contributed by atoms with Crippen molar-refractivity contribution in [2.45, 2.75) is 0 Å². The summed E-state index contributed by atoms with van der Waals surface area (Å²) in [5.41, 5.74) is 0. The summed E-state index contributed by atoms with van der Waals surface area (Å²) in [5.74, 6) is -1.20. The second kappa shape index (κ2) is 4.28. The van der Waals surface area contributed by atoms with Crippen molar-refractivity contribution in [1.82, 2.24) is 4.98 Å². The Morgan fingerprint density at radius 2 is 2.31 bits per heavy atom. The Balaban J connectivity index is 2.17. The molecule has 0 unspecified atom stereocenters. The maximum Gasteiger partial charge on any atom is 0.347 e. The van der Waals surface area contributed by atoms with Gasteiger partial charge in [-0.2, -0.15) is 0 Å². The number of aromatic nitrogens is 1. The predicted octanol–water partition coefficient (Wildman–Crippen LogP) is 2.77. The van der Waals surface area contributed by atoms with Crippen LogP contribution >= 0.6 is 11.3 Å². The molecule has 1 N–H and O–H groups in total. The molecule has 82 valence electrons. The standard InChI is InChI=1S/C10H6FNO3S/c11-6-2-1-3-7(4-6)15-10-12-5-8(16-10)9(13)14/h1-5H,(H,13,14). The van der Waals surface area contributed by atoms with E-state index in [1.54, 1.807) is 6.07 Å². The number of benzene rings is 1. The Labute approximate surface area is 93.9 Å². The minimum absolute atomic E-state index is 0.0754. The number of carboxylic acids is 1. The van der Waals surface area contributed by atoms with Gasteiger partial charge in [-0.25, -0.2) is 14.2 Å². The van der Waals surface area contributed by atoms with Crippen LogP contribution in [0.2, 0.25) is 0 Å². The van der Waals surface area contributed by atoms with Gasteiger partial charge in [0.1, 0.15) is 16.4 Å². The van der Waals surface area contributed by atoms with E-state index >= 15 is 0 Å². The van der Waals surface area contributed by atoms with Crippen molar-refractivity contribution < 1.29 is 19.0 Å². The first-order valence-electron chi connectivity index (χ1n) is 4.28. The first kappa shape index (κ1) is 10.6. The molecule has 0 saturated carbocycles. The first-order chi connectivity index (χ1) is 7.65. The summed E-state index contributed by atoms with van der Waals surface area (Å²) < 4.78 is 18.0. The van der Waals surface area contributed by atoms with E-state index in [9.17, 15) is 9.18 Å².